The van der Waals surface area contributed by atoms with Crippen molar-refractivity contribution in [3.63, 3.8) is 0 Å². The van der Waals surface area contributed by atoms with Crippen molar-refractivity contribution in [1.82, 2.24) is 9.78 Å². The highest BCUT2D eigenvalue weighted by Crippen LogP contribution is 2.18. The predicted molar refractivity (Wildman–Crippen MR) is 137 cm³/mol. The van der Waals surface area contributed by atoms with E-state index < -0.39 is 10.0 Å². The van der Waals surface area contributed by atoms with Crippen molar-refractivity contribution in [1.29, 1.82) is 0 Å². The fourth-order valence-electron chi connectivity index (χ4n) is 3.41. The van der Waals surface area contributed by atoms with Crippen molar-refractivity contribution in [3.05, 3.63) is 104 Å². The zero-order chi connectivity index (χ0) is 24.5. The van der Waals surface area contributed by atoms with Crippen molar-refractivity contribution in [2.45, 2.75) is 25.7 Å². The standard InChI is InChI=1S/C26H26N4O3S/c1-17-5-8-22(9-6-17)29-34(32,33)24-13-10-21(11-14-24)27-16-25-20(4)28-30(26(25)31)23-12-7-18(2)19(3)15-23/h5-16,27-29H,4H2,1-3H3. The highest BCUT2D eigenvalue weighted by atomic mass is 32.2. The summed E-state index contributed by atoms with van der Waals surface area (Å²) in [6.45, 7) is 9.88. The molecule has 0 saturated carbocycles. The minimum atomic E-state index is -3.71. The molecule has 0 aliphatic rings. The van der Waals surface area contributed by atoms with Crippen LogP contribution in [0, 0.1) is 20.8 Å². The number of sulfonamides is 1. The number of nitrogens with one attached hydrogen (secondary N) is 3. The molecule has 4 rings (SSSR count). The van der Waals surface area contributed by atoms with Crippen molar-refractivity contribution in [2.24, 2.45) is 0 Å². The number of anilines is 2. The number of aromatic nitrogens is 2. The number of aromatic amines is 1. The molecule has 7 nitrogen and oxygen atoms in total. The predicted octanol–water partition coefficient (Wildman–Crippen LogP) is 3.15. The van der Waals surface area contributed by atoms with Gasteiger partial charge in [0.05, 0.1) is 21.2 Å². The van der Waals surface area contributed by atoms with Crippen LogP contribution < -0.4 is 26.2 Å². The molecule has 3 aromatic carbocycles. The smallest absolute Gasteiger partial charge is 0.280 e. The lowest BCUT2D eigenvalue weighted by Crippen LogP contribution is -2.34. The fourth-order valence-corrected chi connectivity index (χ4v) is 4.47. The Bertz CT molecular complexity index is 1620. The first kappa shape index (κ1) is 23.1. The third-order valence-corrected chi connectivity index (χ3v) is 7.00. The highest BCUT2D eigenvalue weighted by Gasteiger charge is 2.14. The molecule has 0 atom stereocenters. The lowest BCUT2D eigenvalue weighted by atomic mass is 10.1. The molecule has 174 valence electrons. The maximum absolute atomic E-state index is 12.9. The summed E-state index contributed by atoms with van der Waals surface area (Å²) in [7, 11) is -3.71. The number of hydrogen-bond donors (Lipinski definition) is 3. The molecule has 1 aromatic heterocycles. The minimum absolute atomic E-state index is 0.134. The normalized spacial score (nSPS) is 12.0. The molecular formula is C26H26N4O3S. The maximum atomic E-state index is 12.9. The van der Waals surface area contributed by atoms with Crippen LogP contribution in [0.5, 0.6) is 0 Å². The first-order chi connectivity index (χ1) is 16.1. The summed E-state index contributed by atoms with van der Waals surface area (Å²) >= 11 is 0. The molecule has 0 fully saturated rings. The van der Waals surface area contributed by atoms with Crippen LogP contribution in [0.15, 0.2) is 76.4 Å². The summed E-state index contributed by atoms with van der Waals surface area (Å²) in [6.07, 6.45) is 1.56. The lowest BCUT2D eigenvalue weighted by molar-refractivity contribution is 0.601. The zero-order valence-electron chi connectivity index (χ0n) is 19.2. The van der Waals surface area contributed by atoms with Gasteiger partial charge in [-0.3, -0.25) is 14.6 Å². The van der Waals surface area contributed by atoms with Gasteiger partial charge in [-0.2, -0.15) is 0 Å². The van der Waals surface area contributed by atoms with E-state index in [1.165, 1.54) is 16.8 Å². The third-order valence-electron chi connectivity index (χ3n) is 5.61. The number of rotatable bonds is 6. The molecular weight excluding hydrogens is 448 g/mol. The van der Waals surface area contributed by atoms with Crippen LogP contribution in [-0.2, 0) is 10.0 Å². The summed E-state index contributed by atoms with van der Waals surface area (Å²) in [5.74, 6) is 0. The van der Waals surface area contributed by atoms with Crippen molar-refractivity contribution in [2.75, 3.05) is 10.0 Å². The molecule has 8 heteroatoms. The Balaban J connectivity index is 1.55. The number of nitrogens with zero attached hydrogens (tertiary/aromatic N) is 1. The summed E-state index contributed by atoms with van der Waals surface area (Å²) < 4.78 is 29.3. The van der Waals surface area contributed by atoms with Crippen LogP contribution in [0.3, 0.4) is 0 Å². The van der Waals surface area contributed by atoms with Crippen molar-refractivity contribution >= 4 is 34.2 Å². The third kappa shape index (κ3) is 4.82. The van der Waals surface area contributed by atoms with Crippen LogP contribution in [0.25, 0.3) is 18.5 Å². The Morgan fingerprint density at radius 3 is 2.18 bits per heavy atom. The Hall–Kier alpha value is -4.04. The Morgan fingerprint density at radius 2 is 1.53 bits per heavy atom. The quantitative estimate of drug-likeness (QED) is 0.400. The molecule has 3 N–H and O–H groups in total. The van der Waals surface area contributed by atoms with E-state index in [1.54, 1.807) is 30.5 Å². The molecule has 0 saturated heterocycles. The lowest BCUT2D eigenvalue weighted by Gasteiger charge is -2.09. The topological polar surface area (TPSA) is 96.0 Å². The molecule has 0 bridgehead atoms. The van der Waals surface area contributed by atoms with Gasteiger partial charge < -0.3 is 5.32 Å². The highest BCUT2D eigenvalue weighted by molar-refractivity contribution is 7.92. The van der Waals surface area contributed by atoms with Gasteiger partial charge in [0.15, 0.2) is 0 Å². The van der Waals surface area contributed by atoms with Crippen LogP contribution in [0.2, 0.25) is 0 Å². The average molecular weight is 475 g/mol. The largest absolute Gasteiger partial charge is 0.361 e. The van der Waals surface area contributed by atoms with Gasteiger partial charge in [0, 0.05) is 17.6 Å². The first-order valence-corrected chi connectivity index (χ1v) is 12.2. The van der Waals surface area contributed by atoms with Gasteiger partial charge in [0.2, 0.25) is 0 Å². The maximum Gasteiger partial charge on any atom is 0.280 e. The summed E-state index contributed by atoms with van der Waals surface area (Å²) in [5, 5.41) is 6.91. The Morgan fingerprint density at radius 1 is 0.882 bits per heavy atom. The Labute approximate surface area is 198 Å². The van der Waals surface area contributed by atoms with E-state index in [-0.39, 0.29) is 10.5 Å². The molecule has 0 amide bonds. The van der Waals surface area contributed by atoms with Crippen LogP contribution in [-0.4, -0.2) is 18.2 Å². The molecule has 1 heterocycles. The first-order valence-electron chi connectivity index (χ1n) is 10.7. The van der Waals surface area contributed by atoms with E-state index in [0.29, 0.717) is 21.9 Å². The summed E-state index contributed by atoms with van der Waals surface area (Å²) in [5.41, 5.74) is 4.90. The van der Waals surface area contributed by atoms with Gasteiger partial charge in [0.1, 0.15) is 0 Å². The van der Waals surface area contributed by atoms with Gasteiger partial charge in [-0.05, 0) is 80.4 Å². The molecule has 34 heavy (non-hydrogen) atoms. The van der Waals surface area contributed by atoms with Crippen molar-refractivity contribution in [3.8, 4) is 5.69 Å². The van der Waals surface area contributed by atoms with E-state index in [4.69, 9.17) is 0 Å². The van der Waals surface area contributed by atoms with Gasteiger partial charge in [0.25, 0.3) is 15.6 Å². The van der Waals surface area contributed by atoms with E-state index in [2.05, 4.69) is 21.7 Å². The van der Waals surface area contributed by atoms with Gasteiger partial charge in [-0.1, -0.05) is 30.3 Å². The molecule has 4 aromatic rings. The number of hydrogen-bond acceptors (Lipinski definition) is 4. The SMILES string of the molecule is C=c1[nH]n(-c2ccc(C)c(C)c2)c(=O)c1=CNc1ccc(S(=O)(=O)Nc2ccc(C)cc2)cc1. The van der Waals surface area contributed by atoms with Crippen LogP contribution in [0.4, 0.5) is 11.4 Å². The molecule has 0 aliphatic heterocycles. The number of aryl methyl sites for hydroxylation is 3. The zero-order valence-corrected chi connectivity index (χ0v) is 20.0. The van der Waals surface area contributed by atoms with E-state index >= 15 is 0 Å². The number of benzene rings is 3. The van der Waals surface area contributed by atoms with Crippen LogP contribution >= 0.6 is 0 Å². The van der Waals surface area contributed by atoms with Crippen molar-refractivity contribution < 1.29 is 8.42 Å². The average Bonchev–Trinajstić information content (AvgIpc) is 3.09. The van der Waals surface area contributed by atoms with E-state index in [9.17, 15) is 13.2 Å². The molecule has 0 aliphatic carbocycles. The second kappa shape index (κ2) is 9.07. The van der Waals surface area contributed by atoms with Crippen LogP contribution in [0.1, 0.15) is 16.7 Å². The van der Waals surface area contributed by atoms with Gasteiger partial charge in [-0.15, -0.1) is 0 Å². The summed E-state index contributed by atoms with van der Waals surface area (Å²) in [6, 6.07) is 19.2. The minimum Gasteiger partial charge on any atom is -0.361 e. The second-order valence-corrected chi connectivity index (χ2v) is 9.88. The number of H-pyrrole nitrogens is 1. The molecule has 0 spiro atoms. The van der Waals surface area contributed by atoms with Gasteiger partial charge >= 0.3 is 0 Å². The second-order valence-electron chi connectivity index (χ2n) is 8.20. The van der Waals surface area contributed by atoms with Gasteiger partial charge in [-0.25, -0.2) is 13.1 Å². The van der Waals surface area contributed by atoms with E-state index in [0.717, 1.165) is 22.4 Å². The monoisotopic (exact) mass is 474 g/mol. The molecule has 0 radical (unpaired) electrons. The van der Waals surface area contributed by atoms with E-state index in [1.807, 2.05) is 51.1 Å². The fraction of sp³-hybridized carbons (Fsp3) is 0.115. The molecule has 0 unspecified atom stereocenters. The summed E-state index contributed by atoms with van der Waals surface area (Å²) in [4.78, 5) is 13.1. The Kier molecular flexibility index (Phi) is 6.17.